The molecule has 4 aromatic rings. The van der Waals surface area contributed by atoms with Crippen LogP contribution in [0.2, 0.25) is 10.0 Å². The zero-order valence-electron chi connectivity index (χ0n) is 29.6. The van der Waals surface area contributed by atoms with E-state index in [2.05, 4.69) is 12.0 Å². The Labute approximate surface area is 340 Å². The van der Waals surface area contributed by atoms with Crippen molar-refractivity contribution in [3.63, 3.8) is 0 Å². The van der Waals surface area contributed by atoms with Crippen LogP contribution in [0.5, 0.6) is 17.2 Å². The molecule has 4 amide bonds. The van der Waals surface area contributed by atoms with Crippen molar-refractivity contribution >= 4 is 86.9 Å². The molecule has 0 aromatic heterocycles. The maximum absolute atomic E-state index is 15.5. The molecule has 4 aliphatic rings. The number of fused-ring (bicyclic) bond motifs is 4. The average Bonchev–Trinajstić information content (AvgIpc) is 3.57. The number of carbonyl (C=O) groups excluding carboxylic acids is 4. The third kappa shape index (κ3) is 5.64. The van der Waals surface area contributed by atoms with E-state index in [1.54, 1.807) is 86.0 Å². The van der Waals surface area contributed by atoms with Crippen molar-refractivity contribution in [1.82, 2.24) is 5.01 Å². The molecule has 6 unspecified atom stereocenters. The number of anilines is 2. The normalized spacial score (nSPS) is 25.6. The van der Waals surface area contributed by atoms with Crippen LogP contribution in [0, 0.1) is 27.2 Å². The number of hydrogen-bond donors (Lipinski definition) is 2. The predicted molar refractivity (Wildman–Crippen MR) is 217 cm³/mol. The number of phenolic OH excluding ortho intramolecular Hbond substituents is 1. The topological polar surface area (TPSA) is 125 Å². The van der Waals surface area contributed by atoms with Gasteiger partial charge in [0, 0.05) is 10.9 Å². The SMILES string of the molecule is C=Cc1ccc(N2C(=O)C3CC=C4C(CC5C(=O)N(Nc6ccc(Cl)cc6Cl)C(=O)C5(c5ccc(OC)cc5)C4c4cc(I)c(O)c(OC)c4)C3C2=O)cc1. The molecule has 2 saturated heterocycles. The summed E-state index contributed by atoms with van der Waals surface area (Å²) in [6, 6.07) is 22.3. The molecule has 2 aliphatic carbocycles. The van der Waals surface area contributed by atoms with Gasteiger partial charge < -0.3 is 14.6 Å². The predicted octanol–water partition coefficient (Wildman–Crippen LogP) is 8.15. The van der Waals surface area contributed by atoms with E-state index in [4.69, 9.17) is 32.7 Å². The molecule has 280 valence electrons. The van der Waals surface area contributed by atoms with Crippen molar-refractivity contribution in [1.29, 1.82) is 0 Å². The van der Waals surface area contributed by atoms with Crippen LogP contribution >= 0.6 is 45.8 Å². The van der Waals surface area contributed by atoms with Gasteiger partial charge in [-0.3, -0.25) is 29.5 Å². The monoisotopic (exact) mass is 889 g/mol. The Kier molecular flexibility index (Phi) is 9.46. The van der Waals surface area contributed by atoms with Crippen LogP contribution in [0.3, 0.4) is 0 Å². The number of allylic oxidation sites excluding steroid dienone is 2. The van der Waals surface area contributed by atoms with E-state index in [9.17, 15) is 14.7 Å². The Morgan fingerprint density at radius 3 is 2.29 bits per heavy atom. The van der Waals surface area contributed by atoms with Gasteiger partial charge in [-0.05, 0) is 113 Å². The quantitative estimate of drug-likeness (QED) is 0.103. The highest BCUT2D eigenvalue weighted by Crippen LogP contribution is 2.64. The molecule has 0 spiro atoms. The van der Waals surface area contributed by atoms with Crippen molar-refractivity contribution in [2.75, 3.05) is 24.5 Å². The lowest BCUT2D eigenvalue weighted by atomic mass is 9.49. The number of nitrogens with one attached hydrogen (secondary N) is 1. The number of hydrogen-bond acceptors (Lipinski definition) is 8. The summed E-state index contributed by atoms with van der Waals surface area (Å²) in [7, 11) is 2.98. The second-order valence-corrected chi connectivity index (χ2v) is 16.1. The van der Waals surface area contributed by atoms with Gasteiger partial charge in [0.15, 0.2) is 11.5 Å². The second kappa shape index (κ2) is 14.0. The largest absolute Gasteiger partial charge is 0.504 e. The van der Waals surface area contributed by atoms with E-state index < -0.39 is 46.8 Å². The Morgan fingerprint density at radius 1 is 0.909 bits per heavy atom. The molecule has 8 rings (SSSR count). The number of rotatable bonds is 8. The van der Waals surface area contributed by atoms with E-state index in [0.717, 1.165) is 16.1 Å². The van der Waals surface area contributed by atoms with Gasteiger partial charge in [-0.15, -0.1) is 0 Å². The van der Waals surface area contributed by atoms with Crippen LogP contribution in [0.25, 0.3) is 6.08 Å². The van der Waals surface area contributed by atoms with Gasteiger partial charge in [-0.1, -0.05) is 71.8 Å². The zero-order valence-corrected chi connectivity index (χ0v) is 33.3. The molecule has 55 heavy (non-hydrogen) atoms. The molecule has 3 fully saturated rings. The van der Waals surface area contributed by atoms with Gasteiger partial charge in [0.25, 0.3) is 11.8 Å². The highest BCUT2D eigenvalue weighted by Gasteiger charge is 2.70. The molecule has 2 N–H and O–H groups in total. The van der Waals surface area contributed by atoms with Crippen molar-refractivity contribution in [2.24, 2.45) is 23.7 Å². The summed E-state index contributed by atoms with van der Waals surface area (Å²) < 4.78 is 11.6. The minimum Gasteiger partial charge on any atom is -0.504 e. The van der Waals surface area contributed by atoms with Gasteiger partial charge in [0.2, 0.25) is 11.8 Å². The Hall–Kier alpha value is -4.85. The average molecular weight is 891 g/mol. The minimum absolute atomic E-state index is 0.0730. The maximum Gasteiger partial charge on any atom is 0.260 e. The summed E-state index contributed by atoms with van der Waals surface area (Å²) in [5, 5.41) is 12.6. The number of methoxy groups -OCH3 is 2. The van der Waals surface area contributed by atoms with E-state index in [1.807, 2.05) is 28.7 Å². The fourth-order valence-electron chi connectivity index (χ4n) is 9.15. The summed E-state index contributed by atoms with van der Waals surface area (Å²) in [5.74, 6) is -4.98. The van der Waals surface area contributed by atoms with Crippen molar-refractivity contribution in [3.8, 4) is 17.2 Å². The highest BCUT2D eigenvalue weighted by atomic mass is 127. The van der Waals surface area contributed by atoms with Crippen LogP contribution in [0.4, 0.5) is 11.4 Å². The molecule has 2 aliphatic heterocycles. The van der Waals surface area contributed by atoms with Crippen LogP contribution < -0.4 is 19.8 Å². The lowest BCUT2D eigenvalue weighted by Gasteiger charge is -2.50. The minimum atomic E-state index is -1.57. The molecule has 0 bridgehead atoms. The van der Waals surface area contributed by atoms with E-state index in [-0.39, 0.29) is 41.2 Å². The van der Waals surface area contributed by atoms with Crippen LogP contribution in [0.15, 0.2) is 97.1 Å². The molecule has 0 radical (unpaired) electrons. The van der Waals surface area contributed by atoms with Gasteiger partial charge in [0.1, 0.15) is 5.75 Å². The van der Waals surface area contributed by atoms with Gasteiger partial charge in [-0.25, -0.2) is 0 Å². The molecule has 4 aromatic carbocycles. The van der Waals surface area contributed by atoms with Crippen LogP contribution in [-0.4, -0.2) is 48.0 Å². The fraction of sp³-hybridized carbons (Fsp3) is 0.238. The summed E-state index contributed by atoms with van der Waals surface area (Å²) in [6.07, 6.45) is 4.01. The lowest BCUT2D eigenvalue weighted by molar-refractivity contribution is -0.138. The maximum atomic E-state index is 15.5. The van der Waals surface area contributed by atoms with Gasteiger partial charge in [-0.2, -0.15) is 5.01 Å². The lowest BCUT2D eigenvalue weighted by Crippen LogP contribution is -2.53. The Balaban J connectivity index is 1.34. The molecular weight excluding hydrogens is 856 g/mol. The molecule has 6 atom stereocenters. The number of amides is 4. The van der Waals surface area contributed by atoms with Crippen molar-refractivity contribution < 1.29 is 33.8 Å². The molecule has 10 nitrogen and oxygen atoms in total. The standard InChI is InChI=1S/C42H34Cl2IN3O7/c1-4-21-5-10-25(11-6-21)47-38(50)28-15-14-27-29(35(28)40(47)52)20-30-39(51)48(46-33-16-9-24(43)19-31(33)44)41(53)42(30,23-7-12-26(54-2)13-8-23)36(27)22-17-32(45)37(49)34(18-22)55-3/h4-14,16-19,28-30,35-36,46,49H,1,15,20H2,2-3H3. The van der Waals surface area contributed by atoms with E-state index >= 15 is 9.59 Å². The second-order valence-electron chi connectivity index (χ2n) is 14.1. The number of carbonyl (C=O) groups is 4. The molecule has 2 heterocycles. The first-order valence-electron chi connectivity index (χ1n) is 17.6. The molecule has 1 saturated carbocycles. The first-order valence-corrected chi connectivity index (χ1v) is 19.4. The number of hydrazine groups is 1. The third-order valence-corrected chi connectivity index (χ3v) is 12.9. The molecule has 13 heteroatoms. The summed E-state index contributed by atoms with van der Waals surface area (Å²) >= 11 is 14.8. The first kappa shape index (κ1) is 37.1. The van der Waals surface area contributed by atoms with E-state index in [1.165, 1.54) is 18.1 Å². The van der Waals surface area contributed by atoms with Crippen molar-refractivity contribution in [3.05, 3.63) is 127 Å². The fourth-order valence-corrected chi connectivity index (χ4v) is 10.2. The molecular formula is C42H34Cl2IN3O7. The Bertz CT molecular complexity index is 2330. The Morgan fingerprint density at radius 2 is 1.64 bits per heavy atom. The third-order valence-electron chi connectivity index (χ3n) is 11.6. The summed E-state index contributed by atoms with van der Waals surface area (Å²) in [4.78, 5) is 60.5. The number of imide groups is 2. The summed E-state index contributed by atoms with van der Waals surface area (Å²) in [6.45, 7) is 3.80. The highest BCUT2D eigenvalue weighted by molar-refractivity contribution is 14.1. The smallest absolute Gasteiger partial charge is 0.260 e. The zero-order chi connectivity index (χ0) is 38.9. The van der Waals surface area contributed by atoms with Gasteiger partial charge in [0.05, 0.1) is 57.4 Å². The van der Waals surface area contributed by atoms with E-state index in [0.29, 0.717) is 36.8 Å². The first-order chi connectivity index (χ1) is 26.4. The van der Waals surface area contributed by atoms with Crippen molar-refractivity contribution in [2.45, 2.75) is 24.2 Å². The number of benzene rings is 4. The number of ether oxygens (including phenoxy) is 2. The summed E-state index contributed by atoms with van der Waals surface area (Å²) in [5.41, 5.74) is 4.93. The van der Waals surface area contributed by atoms with Gasteiger partial charge >= 0.3 is 0 Å². The number of nitrogens with zero attached hydrogens (tertiary/aromatic N) is 2. The number of aromatic hydroxyl groups is 1. The number of phenols is 1. The number of halogens is 3. The van der Waals surface area contributed by atoms with Crippen LogP contribution in [0.1, 0.15) is 35.4 Å². The van der Waals surface area contributed by atoms with Crippen LogP contribution in [-0.2, 0) is 24.6 Å².